The Morgan fingerprint density at radius 3 is 2.70 bits per heavy atom. The second-order valence-corrected chi connectivity index (χ2v) is 6.72. The lowest BCUT2D eigenvalue weighted by Gasteiger charge is -2.29. The van der Waals surface area contributed by atoms with Crippen LogP contribution in [-0.2, 0) is 22.5 Å². The molecular formula is C20H26N4O3. The van der Waals surface area contributed by atoms with Crippen molar-refractivity contribution in [3.05, 3.63) is 51.4 Å². The van der Waals surface area contributed by atoms with Gasteiger partial charge in [0.05, 0.1) is 13.2 Å². The van der Waals surface area contributed by atoms with Crippen molar-refractivity contribution in [1.29, 1.82) is 0 Å². The normalized spacial score (nSPS) is 14.3. The number of morpholine rings is 1. The van der Waals surface area contributed by atoms with Crippen molar-refractivity contribution >= 4 is 17.5 Å². The largest absolute Gasteiger partial charge is 0.378 e. The first-order chi connectivity index (χ1) is 13.0. The number of ether oxygens (including phenoxy) is 1. The average Bonchev–Trinajstić information content (AvgIpc) is 2.67. The van der Waals surface area contributed by atoms with E-state index < -0.39 is 0 Å². The Hall–Kier alpha value is -2.67. The molecule has 1 amide bonds. The maximum Gasteiger partial charge on any atom is 0.255 e. The van der Waals surface area contributed by atoms with Gasteiger partial charge in [0.15, 0.2) is 0 Å². The number of hydrogen-bond acceptors (Lipinski definition) is 5. The van der Waals surface area contributed by atoms with Gasteiger partial charge in [-0.05, 0) is 37.5 Å². The van der Waals surface area contributed by atoms with Crippen LogP contribution in [0.25, 0.3) is 0 Å². The lowest BCUT2D eigenvalue weighted by Crippen LogP contribution is -2.42. The number of aryl methyl sites for hydroxylation is 2. The summed E-state index contributed by atoms with van der Waals surface area (Å²) in [5.74, 6) is 0.296. The van der Waals surface area contributed by atoms with Gasteiger partial charge in [-0.3, -0.25) is 14.2 Å². The van der Waals surface area contributed by atoms with E-state index in [0.29, 0.717) is 38.7 Å². The van der Waals surface area contributed by atoms with Crippen LogP contribution >= 0.6 is 0 Å². The van der Waals surface area contributed by atoms with E-state index in [1.807, 2.05) is 43.9 Å². The molecule has 1 aromatic carbocycles. The minimum Gasteiger partial charge on any atom is -0.378 e. The Bertz CT molecular complexity index is 885. The fraction of sp³-hybridized carbons (Fsp3) is 0.450. The van der Waals surface area contributed by atoms with Crippen LogP contribution in [0, 0.1) is 13.8 Å². The minimum atomic E-state index is -0.244. The van der Waals surface area contributed by atoms with Crippen LogP contribution in [0.2, 0.25) is 0 Å². The second-order valence-electron chi connectivity index (χ2n) is 6.72. The zero-order valence-electron chi connectivity index (χ0n) is 16.1. The quantitative estimate of drug-likeness (QED) is 0.870. The highest BCUT2D eigenvalue weighted by molar-refractivity contribution is 5.91. The molecule has 27 heavy (non-hydrogen) atoms. The zero-order valence-corrected chi connectivity index (χ0v) is 16.1. The number of hydrogen-bond donors (Lipinski definition) is 1. The fourth-order valence-corrected chi connectivity index (χ4v) is 3.09. The molecule has 0 unspecified atom stereocenters. The van der Waals surface area contributed by atoms with Crippen molar-refractivity contribution < 1.29 is 9.53 Å². The van der Waals surface area contributed by atoms with Gasteiger partial charge >= 0.3 is 0 Å². The molecule has 144 valence electrons. The maximum absolute atomic E-state index is 12.7. The number of carbonyl (C=O) groups excluding carboxylic acids is 1. The molecule has 0 saturated carbocycles. The summed E-state index contributed by atoms with van der Waals surface area (Å²) in [5, 5.41) is 2.92. The van der Waals surface area contributed by atoms with Gasteiger partial charge in [-0.25, -0.2) is 4.98 Å². The summed E-state index contributed by atoms with van der Waals surface area (Å²) in [6, 6.07) is 7.28. The molecule has 0 bridgehead atoms. The molecule has 7 nitrogen and oxygen atoms in total. The van der Waals surface area contributed by atoms with Gasteiger partial charge in [0.1, 0.15) is 6.54 Å². The number of anilines is 2. The molecule has 1 fully saturated rings. The molecule has 0 atom stereocenters. The highest BCUT2D eigenvalue weighted by Gasteiger charge is 2.20. The Morgan fingerprint density at radius 1 is 1.26 bits per heavy atom. The number of nitrogens with one attached hydrogen (secondary N) is 1. The third-order valence-corrected chi connectivity index (χ3v) is 4.88. The minimum absolute atomic E-state index is 0.0735. The maximum atomic E-state index is 12.7. The Balaban J connectivity index is 1.87. The van der Waals surface area contributed by atoms with E-state index in [9.17, 15) is 9.59 Å². The lowest BCUT2D eigenvalue weighted by atomic mass is 10.1. The van der Waals surface area contributed by atoms with Crippen LogP contribution in [0.5, 0.6) is 0 Å². The summed E-state index contributed by atoms with van der Waals surface area (Å²) in [4.78, 5) is 31.9. The van der Waals surface area contributed by atoms with Gasteiger partial charge in [0, 0.05) is 30.5 Å². The van der Waals surface area contributed by atoms with Gasteiger partial charge in [0.25, 0.3) is 5.56 Å². The Kier molecular flexibility index (Phi) is 5.91. The van der Waals surface area contributed by atoms with Gasteiger partial charge in [-0.2, -0.15) is 0 Å². The fourth-order valence-electron chi connectivity index (χ4n) is 3.09. The third kappa shape index (κ3) is 4.36. The Morgan fingerprint density at radius 2 is 2.00 bits per heavy atom. The molecule has 3 rings (SSSR count). The van der Waals surface area contributed by atoms with E-state index in [1.165, 1.54) is 10.6 Å². The first-order valence-corrected chi connectivity index (χ1v) is 9.29. The summed E-state index contributed by atoms with van der Waals surface area (Å²) in [6.45, 7) is 8.32. The van der Waals surface area contributed by atoms with Crippen LogP contribution in [-0.4, -0.2) is 41.8 Å². The highest BCUT2D eigenvalue weighted by Crippen LogP contribution is 2.18. The van der Waals surface area contributed by atoms with E-state index in [2.05, 4.69) is 10.3 Å². The number of rotatable bonds is 5. The molecule has 2 aromatic rings. The number of carbonyl (C=O) groups is 1. The summed E-state index contributed by atoms with van der Waals surface area (Å²) < 4.78 is 6.85. The van der Waals surface area contributed by atoms with Crippen molar-refractivity contribution in [2.45, 2.75) is 33.7 Å². The predicted molar refractivity (Wildman–Crippen MR) is 105 cm³/mol. The van der Waals surface area contributed by atoms with Crippen LogP contribution in [0.15, 0.2) is 29.1 Å². The predicted octanol–water partition coefficient (Wildman–Crippen LogP) is 1.90. The van der Waals surface area contributed by atoms with Gasteiger partial charge in [-0.1, -0.05) is 19.1 Å². The van der Waals surface area contributed by atoms with Crippen LogP contribution < -0.4 is 15.8 Å². The topological polar surface area (TPSA) is 76.5 Å². The molecular weight excluding hydrogens is 344 g/mol. The van der Waals surface area contributed by atoms with E-state index in [1.54, 1.807) is 0 Å². The van der Waals surface area contributed by atoms with Crippen LogP contribution in [0.3, 0.4) is 0 Å². The molecule has 0 aliphatic carbocycles. The van der Waals surface area contributed by atoms with Crippen molar-refractivity contribution in [2.24, 2.45) is 0 Å². The van der Waals surface area contributed by atoms with Crippen molar-refractivity contribution in [3.8, 4) is 0 Å². The zero-order chi connectivity index (χ0) is 19.4. The summed E-state index contributed by atoms with van der Waals surface area (Å²) in [6.07, 6.45) is 0.669. The molecule has 1 aromatic heterocycles. The second kappa shape index (κ2) is 8.35. The standard InChI is InChI=1S/C20H26N4O3/c1-4-16-12-19(26)24(20(21-16)23-8-10-27-11-9-23)13-18(25)22-17-7-5-6-14(2)15(17)3/h5-7,12H,4,8-11,13H2,1-3H3,(H,22,25). The summed E-state index contributed by atoms with van der Waals surface area (Å²) >= 11 is 0. The van der Waals surface area contributed by atoms with Gasteiger partial charge < -0.3 is 15.0 Å². The van der Waals surface area contributed by atoms with Crippen molar-refractivity contribution in [1.82, 2.24) is 9.55 Å². The lowest BCUT2D eigenvalue weighted by molar-refractivity contribution is -0.116. The van der Waals surface area contributed by atoms with Crippen molar-refractivity contribution in [2.75, 3.05) is 36.5 Å². The molecule has 1 N–H and O–H groups in total. The molecule has 0 spiro atoms. The van der Waals surface area contributed by atoms with E-state index in [0.717, 1.165) is 22.5 Å². The molecule has 1 saturated heterocycles. The smallest absolute Gasteiger partial charge is 0.255 e. The van der Waals surface area contributed by atoms with E-state index in [4.69, 9.17) is 4.74 Å². The number of aromatic nitrogens is 2. The Labute approximate surface area is 159 Å². The van der Waals surface area contributed by atoms with Crippen LogP contribution in [0.1, 0.15) is 23.7 Å². The molecule has 1 aliphatic rings. The summed E-state index contributed by atoms with van der Waals surface area (Å²) in [5.41, 5.74) is 3.41. The molecule has 2 heterocycles. The molecule has 7 heteroatoms. The monoisotopic (exact) mass is 370 g/mol. The summed E-state index contributed by atoms with van der Waals surface area (Å²) in [7, 11) is 0. The average molecular weight is 370 g/mol. The third-order valence-electron chi connectivity index (χ3n) is 4.88. The SMILES string of the molecule is CCc1cc(=O)n(CC(=O)Nc2cccc(C)c2C)c(N2CCOCC2)n1. The van der Waals surface area contributed by atoms with E-state index >= 15 is 0 Å². The molecule has 0 radical (unpaired) electrons. The number of amides is 1. The van der Waals surface area contributed by atoms with E-state index in [-0.39, 0.29) is 18.0 Å². The number of nitrogens with zero attached hydrogens (tertiary/aromatic N) is 3. The van der Waals surface area contributed by atoms with Crippen molar-refractivity contribution in [3.63, 3.8) is 0 Å². The first-order valence-electron chi connectivity index (χ1n) is 9.29. The van der Waals surface area contributed by atoms with Gasteiger partial charge in [-0.15, -0.1) is 0 Å². The highest BCUT2D eigenvalue weighted by atomic mass is 16.5. The molecule has 1 aliphatic heterocycles. The number of benzene rings is 1. The van der Waals surface area contributed by atoms with Gasteiger partial charge in [0.2, 0.25) is 11.9 Å². The van der Waals surface area contributed by atoms with Crippen LogP contribution in [0.4, 0.5) is 11.6 Å². The first kappa shape index (κ1) is 19.1.